The van der Waals surface area contributed by atoms with Gasteiger partial charge in [-0.1, -0.05) is 0 Å². The molecule has 0 aliphatic heterocycles. The molecule has 5 heavy (non-hydrogen) atoms. The van der Waals surface area contributed by atoms with E-state index in [9.17, 15) is 0 Å². The molecular formula is HMnNaO3. The Balaban J connectivity index is -0.0000000200. The molecule has 0 spiro atoms. The van der Waals surface area contributed by atoms with Crippen LogP contribution in [0.4, 0.5) is 0 Å². The predicted octanol–water partition coefficient (Wildman–Crippen LogP) is -3.41. The Kier molecular flexibility index (Phi) is 64.7. The third kappa shape index (κ3) is 41.3. The van der Waals surface area contributed by atoms with Crippen molar-refractivity contribution in [3.05, 3.63) is 0 Å². The molecule has 0 unspecified atom stereocenters. The normalized spacial score (nSPS) is 2.40. The van der Waals surface area contributed by atoms with E-state index in [2.05, 4.69) is 0 Å². The van der Waals surface area contributed by atoms with Crippen molar-refractivity contribution in [3.8, 4) is 0 Å². The number of rotatable bonds is 0. The van der Waals surface area contributed by atoms with E-state index >= 15 is 0 Å². The van der Waals surface area contributed by atoms with Crippen LogP contribution in [0.25, 0.3) is 0 Å². The van der Waals surface area contributed by atoms with Crippen molar-refractivity contribution < 1.29 is 57.5 Å². The van der Waals surface area contributed by atoms with E-state index in [1.165, 1.54) is 0 Å². The summed E-state index contributed by atoms with van der Waals surface area (Å²) in [6.07, 6.45) is 0. The van der Waals surface area contributed by atoms with Crippen LogP contribution in [0.15, 0.2) is 0 Å². The maximum atomic E-state index is 8.41. The Labute approximate surface area is 57.3 Å². The minimum atomic E-state index is -1.44. The summed E-state index contributed by atoms with van der Waals surface area (Å²) in [5.74, 6) is 0. The molecule has 27 valence electrons. The van der Waals surface area contributed by atoms with Gasteiger partial charge in [0.25, 0.3) is 0 Å². The summed E-state index contributed by atoms with van der Waals surface area (Å²) in [4.78, 5) is 0. The van der Waals surface area contributed by atoms with Crippen molar-refractivity contribution >= 4 is 0 Å². The van der Waals surface area contributed by atoms with Gasteiger partial charge in [0, 0.05) is 0 Å². The Morgan fingerprint density at radius 2 is 1.20 bits per heavy atom. The van der Waals surface area contributed by atoms with Crippen molar-refractivity contribution in [2.45, 2.75) is 0 Å². The molecule has 0 heterocycles. The molecule has 3 nitrogen and oxygen atoms in total. The van der Waals surface area contributed by atoms with Gasteiger partial charge in [0.1, 0.15) is 0 Å². The van der Waals surface area contributed by atoms with Crippen LogP contribution in [0.1, 0.15) is 0 Å². The first-order chi connectivity index (χ1) is 1.41. The van der Waals surface area contributed by atoms with Gasteiger partial charge in [0.15, 0.2) is 0 Å². The fourth-order valence-electron chi connectivity index (χ4n) is 0. The van der Waals surface area contributed by atoms with Crippen molar-refractivity contribution in [2.24, 2.45) is 0 Å². The second kappa shape index (κ2) is 19.5. The van der Waals surface area contributed by atoms with Gasteiger partial charge in [-0.25, -0.2) is 0 Å². The Hall–Kier alpha value is 1.08. The van der Waals surface area contributed by atoms with Crippen LogP contribution in [-0.2, 0) is 22.5 Å². The van der Waals surface area contributed by atoms with Crippen molar-refractivity contribution in [2.75, 3.05) is 0 Å². The van der Waals surface area contributed by atoms with Crippen molar-refractivity contribution in [3.63, 3.8) is 0 Å². The zero-order valence-electron chi connectivity index (χ0n) is 2.64. The molecular weight excluding hydrogens is 126 g/mol. The second-order valence-corrected chi connectivity index (χ2v) is 0.260. The molecule has 0 aromatic rings. The van der Waals surface area contributed by atoms with Gasteiger partial charge in [-0.15, -0.1) is 0 Å². The minimum absolute atomic E-state index is 0. The van der Waals surface area contributed by atoms with E-state index in [-0.39, 0.29) is 35.0 Å². The molecule has 0 rings (SSSR count). The Bertz CT molecular complexity index is 27.9. The van der Waals surface area contributed by atoms with E-state index in [4.69, 9.17) is 7.67 Å². The zero-order chi connectivity index (χ0) is 2.71. The standard InChI is InChI=1S/Mn.Na.H2O.2O/h;;1H2;;/q;+1;;;/p-1. The topological polar surface area (TPSA) is 64.1 Å². The van der Waals surface area contributed by atoms with Crippen LogP contribution >= 0.6 is 0 Å². The summed E-state index contributed by atoms with van der Waals surface area (Å²) < 4.78 is 16.8. The molecule has 0 aromatic carbocycles. The van der Waals surface area contributed by atoms with Crippen LogP contribution in [0, 0.1) is 0 Å². The summed E-state index contributed by atoms with van der Waals surface area (Å²) in [6, 6.07) is 0. The van der Waals surface area contributed by atoms with Gasteiger partial charge in [-0.3, -0.25) is 0 Å². The van der Waals surface area contributed by atoms with Crippen LogP contribution in [-0.4, -0.2) is 5.48 Å². The van der Waals surface area contributed by atoms with Crippen LogP contribution in [0.5, 0.6) is 0 Å². The maximum absolute atomic E-state index is 8.41. The summed E-state index contributed by atoms with van der Waals surface area (Å²) in [5, 5.41) is 0. The molecule has 0 saturated heterocycles. The third-order valence-corrected chi connectivity index (χ3v) is 0. The van der Waals surface area contributed by atoms with Gasteiger partial charge in [0.2, 0.25) is 0 Å². The van der Waals surface area contributed by atoms with Crippen LogP contribution in [0.2, 0.25) is 0 Å². The molecule has 1 N–H and O–H groups in total. The molecule has 0 bridgehead atoms. The number of hydrogen-bond acceptors (Lipinski definition) is 3. The van der Waals surface area contributed by atoms with E-state index in [0.29, 0.717) is 0 Å². The van der Waals surface area contributed by atoms with E-state index < -0.39 is 14.8 Å². The molecule has 0 amide bonds. The molecule has 0 fully saturated rings. The monoisotopic (exact) mass is 127 g/mol. The average molecular weight is 127 g/mol. The fraction of sp³-hybridized carbons (Fsp3) is 0. The summed E-state index contributed by atoms with van der Waals surface area (Å²) in [5.41, 5.74) is 0. The first kappa shape index (κ1) is 16.5. The van der Waals surface area contributed by atoms with E-state index in [1.54, 1.807) is 0 Å². The molecule has 0 saturated carbocycles. The van der Waals surface area contributed by atoms with Gasteiger partial charge in [-0.05, 0) is 0 Å². The van der Waals surface area contributed by atoms with Gasteiger partial charge in [-0.2, -0.15) is 0 Å². The fourth-order valence-corrected chi connectivity index (χ4v) is 0. The molecule has 0 radical (unpaired) electrons. The van der Waals surface area contributed by atoms with Gasteiger partial charge in [0.05, 0.1) is 0 Å². The third-order valence-electron chi connectivity index (χ3n) is 0. The zero-order valence-corrected chi connectivity index (χ0v) is 5.82. The Morgan fingerprint density at radius 3 is 1.20 bits per heavy atom. The molecule has 0 aliphatic rings. The quantitative estimate of drug-likeness (QED) is 0.318. The van der Waals surface area contributed by atoms with E-state index in [1.807, 2.05) is 0 Å². The van der Waals surface area contributed by atoms with Gasteiger partial charge < -0.3 is 5.48 Å². The summed E-state index contributed by atoms with van der Waals surface area (Å²) in [6.45, 7) is 0. The first-order valence-electron chi connectivity index (χ1n) is 0.309. The first-order valence-corrected chi connectivity index (χ1v) is 1.27. The average Bonchev–Trinajstić information content (AvgIpc) is 0.918. The Morgan fingerprint density at radius 1 is 1.20 bits per heavy atom. The number of hydrogen-bond donors (Lipinski definition) is 0. The van der Waals surface area contributed by atoms with Crippen LogP contribution in [0.3, 0.4) is 0 Å². The second-order valence-electron chi connectivity index (χ2n) is 0.0630. The van der Waals surface area contributed by atoms with Crippen molar-refractivity contribution in [1.29, 1.82) is 0 Å². The molecule has 0 aromatic heterocycles. The van der Waals surface area contributed by atoms with E-state index in [0.717, 1.165) is 0 Å². The molecule has 0 atom stereocenters. The summed E-state index contributed by atoms with van der Waals surface area (Å²) in [7, 11) is 0. The molecule has 0 aliphatic carbocycles. The van der Waals surface area contributed by atoms with Crippen molar-refractivity contribution in [1.82, 2.24) is 0 Å². The summed E-state index contributed by atoms with van der Waals surface area (Å²) >= 11 is -1.44. The SMILES string of the molecule is [Na+].[OH-].[O]=[Mn]=[O]. The molecule has 5 heteroatoms. The predicted molar refractivity (Wildman–Crippen MR) is 3.31 cm³/mol. The van der Waals surface area contributed by atoms with Gasteiger partial charge >= 0.3 is 52.0 Å². The van der Waals surface area contributed by atoms with Crippen LogP contribution < -0.4 is 29.6 Å².